The zero-order valence-electron chi connectivity index (χ0n) is 16.4. The van der Waals surface area contributed by atoms with Crippen LogP contribution in [0.3, 0.4) is 0 Å². The number of rotatable bonds is 7. The summed E-state index contributed by atoms with van der Waals surface area (Å²) in [6, 6.07) is 10.8. The monoisotopic (exact) mass is 376 g/mol. The van der Waals surface area contributed by atoms with Gasteiger partial charge in [-0.25, -0.2) is 14.6 Å². The van der Waals surface area contributed by atoms with E-state index in [1.54, 1.807) is 6.33 Å². The molecule has 1 unspecified atom stereocenters. The molecule has 1 atom stereocenters. The smallest absolute Gasteiger partial charge is 0.183 e. The molecule has 0 radical (unpaired) electrons. The summed E-state index contributed by atoms with van der Waals surface area (Å²) in [5.41, 5.74) is 3.20. The number of fused-ring (bicyclic) bond motifs is 1. The number of hydrogen-bond acceptors (Lipinski definition) is 5. The lowest BCUT2D eigenvalue weighted by atomic mass is 9.92. The molecule has 0 amide bonds. The first kappa shape index (κ1) is 17.6. The van der Waals surface area contributed by atoms with E-state index in [1.807, 2.05) is 4.68 Å². The Kier molecular flexibility index (Phi) is 4.93. The van der Waals surface area contributed by atoms with E-state index in [9.17, 15) is 0 Å². The van der Waals surface area contributed by atoms with Crippen LogP contribution in [0.4, 0.5) is 5.82 Å². The third-order valence-corrected chi connectivity index (χ3v) is 6.15. The maximum atomic E-state index is 4.60. The number of benzene rings is 1. The standard InChI is InChI=1S/C22H28N6/c1-2-6-17(7-3-1)8-4-9-18-10-5-13-27(14-18)21-20-22(24-16-23-21)28(26-25-20)15-19-11-12-19/h1-3,6-7,16,18-19H,4-5,8-15H2. The van der Waals surface area contributed by atoms with Crippen LogP contribution in [0.15, 0.2) is 36.7 Å². The molecule has 2 aromatic heterocycles. The molecule has 146 valence electrons. The van der Waals surface area contributed by atoms with Crippen molar-refractivity contribution in [2.45, 2.75) is 51.5 Å². The molecular weight excluding hydrogens is 348 g/mol. The Labute approximate surface area is 166 Å². The number of anilines is 1. The summed E-state index contributed by atoms with van der Waals surface area (Å²) in [7, 11) is 0. The first-order chi connectivity index (χ1) is 13.9. The number of aryl methyl sites for hydroxylation is 1. The van der Waals surface area contributed by atoms with Gasteiger partial charge in [0.25, 0.3) is 0 Å². The van der Waals surface area contributed by atoms with E-state index < -0.39 is 0 Å². The predicted octanol–water partition coefficient (Wildman–Crippen LogP) is 3.87. The highest BCUT2D eigenvalue weighted by atomic mass is 15.4. The van der Waals surface area contributed by atoms with Crippen molar-refractivity contribution in [3.63, 3.8) is 0 Å². The quantitative estimate of drug-likeness (QED) is 0.626. The van der Waals surface area contributed by atoms with Gasteiger partial charge in [0, 0.05) is 19.6 Å². The Bertz CT molecular complexity index is 917. The molecule has 1 aromatic carbocycles. The van der Waals surface area contributed by atoms with Gasteiger partial charge in [-0.05, 0) is 62.3 Å². The van der Waals surface area contributed by atoms with Crippen molar-refractivity contribution in [3.8, 4) is 0 Å². The lowest BCUT2D eigenvalue weighted by Gasteiger charge is -2.33. The highest BCUT2D eigenvalue weighted by molar-refractivity contribution is 5.82. The molecule has 6 heteroatoms. The Hall–Kier alpha value is -2.50. The van der Waals surface area contributed by atoms with Crippen molar-refractivity contribution in [2.75, 3.05) is 18.0 Å². The zero-order valence-corrected chi connectivity index (χ0v) is 16.4. The van der Waals surface area contributed by atoms with Crippen LogP contribution in [0.2, 0.25) is 0 Å². The first-order valence-corrected chi connectivity index (χ1v) is 10.7. The van der Waals surface area contributed by atoms with E-state index >= 15 is 0 Å². The molecule has 2 fully saturated rings. The van der Waals surface area contributed by atoms with Crippen LogP contribution in [0.25, 0.3) is 11.2 Å². The molecule has 6 nitrogen and oxygen atoms in total. The minimum absolute atomic E-state index is 0.726. The molecule has 5 rings (SSSR count). The van der Waals surface area contributed by atoms with Crippen molar-refractivity contribution in [2.24, 2.45) is 11.8 Å². The average molecular weight is 377 g/mol. The zero-order chi connectivity index (χ0) is 18.8. The largest absolute Gasteiger partial charge is 0.354 e. The molecule has 2 aliphatic rings. The second-order valence-electron chi connectivity index (χ2n) is 8.42. The van der Waals surface area contributed by atoms with Crippen molar-refractivity contribution in [1.29, 1.82) is 0 Å². The van der Waals surface area contributed by atoms with Gasteiger partial charge in [-0.15, -0.1) is 5.10 Å². The molecule has 1 aliphatic carbocycles. The average Bonchev–Trinajstić information content (AvgIpc) is 3.47. The Morgan fingerprint density at radius 2 is 1.89 bits per heavy atom. The van der Waals surface area contributed by atoms with Crippen LogP contribution >= 0.6 is 0 Å². The van der Waals surface area contributed by atoms with Crippen LogP contribution in [0, 0.1) is 11.8 Å². The lowest BCUT2D eigenvalue weighted by molar-refractivity contribution is 0.381. The number of aromatic nitrogens is 5. The molecular formula is C22H28N6. The van der Waals surface area contributed by atoms with Crippen molar-refractivity contribution in [1.82, 2.24) is 25.0 Å². The summed E-state index contributed by atoms with van der Waals surface area (Å²) in [6.45, 7) is 3.06. The first-order valence-electron chi connectivity index (χ1n) is 10.7. The maximum Gasteiger partial charge on any atom is 0.183 e. The van der Waals surface area contributed by atoms with Gasteiger partial charge in [-0.3, -0.25) is 0 Å². The van der Waals surface area contributed by atoms with Crippen molar-refractivity contribution in [3.05, 3.63) is 42.2 Å². The van der Waals surface area contributed by atoms with Gasteiger partial charge in [-0.1, -0.05) is 35.5 Å². The summed E-state index contributed by atoms with van der Waals surface area (Å²) < 4.78 is 1.97. The van der Waals surface area contributed by atoms with Gasteiger partial charge in [0.15, 0.2) is 17.0 Å². The number of piperidine rings is 1. The number of hydrogen-bond donors (Lipinski definition) is 0. The molecule has 0 N–H and O–H groups in total. The van der Waals surface area contributed by atoms with Crippen molar-refractivity contribution >= 4 is 17.0 Å². The minimum Gasteiger partial charge on any atom is -0.354 e. The second-order valence-corrected chi connectivity index (χ2v) is 8.42. The molecule has 1 saturated carbocycles. The Morgan fingerprint density at radius 1 is 1.00 bits per heavy atom. The predicted molar refractivity (Wildman–Crippen MR) is 110 cm³/mol. The fraction of sp³-hybridized carbons (Fsp3) is 0.545. The SMILES string of the molecule is c1ccc(CCCC2CCCN(c3ncnc4c3nnn4CC3CC3)C2)cc1. The highest BCUT2D eigenvalue weighted by Crippen LogP contribution is 2.32. The Balaban J connectivity index is 1.25. The summed E-state index contributed by atoms with van der Waals surface area (Å²) in [6.07, 6.45) is 10.5. The molecule has 28 heavy (non-hydrogen) atoms. The molecule has 3 heterocycles. The molecule has 1 saturated heterocycles. The normalized spacial score (nSPS) is 20.0. The molecule has 1 aliphatic heterocycles. The summed E-state index contributed by atoms with van der Waals surface area (Å²) in [4.78, 5) is 11.5. The van der Waals surface area contributed by atoms with Gasteiger partial charge in [-0.2, -0.15) is 0 Å². The van der Waals surface area contributed by atoms with E-state index in [2.05, 4.69) is 55.5 Å². The van der Waals surface area contributed by atoms with Gasteiger partial charge < -0.3 is 4.90 Å². The van der Waals surface area contributed by atoms with E-state index in [1.165, 1.54) is 50.5 Å². The van der Waals surface area contributed by atoms with Crippen LogP contribution in [-0.2, 0) is 13.0 Å². The summed E-state index contributed by atoms with van der Waals surface area (Å²) >= 11 is 0. The third kappa shape index (κ3) is 3.86. The van der Waals surface area contributed by atoms with E-state index in [0.717, 1.165) is 48.5 Å². The van der Waals surface area contributed by atoms with E-state index in [0.29, 0.717) is 0 Å². The topological polar surface area (TPSA) is 59.7 Å². The summed E-state index contributed by atoms with van der Waals surface area (Å²) in [5.74, 6) is 2.45. The fourth-order valence-corrected chi connectivity index (χ4v) is 4.41. The fourth-order valence-electron chi connectivity index (χ4n) is 4.41. The second kappa shape index (κ2) is 7.86. The molecule has 3 aromatic rings. The van der Waals surface area contributed by atoms with Crippen LogP contribution in [-0.4, -0.2) is 38.1 Å². The van der Waals surface area contributed by atoms with Gasteiger partial charge in [0.2, 0.25) is 0 Å². The maximum absolute atomic E-state index is 4.60. The minimum atomic E-state index is 0.726. The van der Waals surface area contributed by atoms with Crippen LogP contribution in [0.5, 0.6) is 0 Å². The lowest BCUT2D eigenvalue weighted by Crippen LogP contribution is -2.36. The van der Waals surface area contributed by atoms with Crippen LogP contribution < -0.4 is 4.90 Å². The van der Waals surface area contributed by atoms with Gasteiger partial charge >= 0.3 is 0 Å². The van der Waals surface area contributed by atoms with Crippen LogP contribution in [0.1, 0.15) is 44.1 Å². The number of nitrogens with zero attached hydrogens (tertiary/aromatic N) is 6. The van der Waals surface area contributed by atoms with E-state index in [4.69, 9.17) is 0 Å². The third-order valence-electron chi connectivity index (χ3n) is 6.15. The molecule has 0 spiro atoms. The van der Waals surface area contributed by atoms with Gasteiger partial charge in [0.1, 0.15) is 6.33 Å². The highest BCUT2D eigenvalue weighted by Gasteiger charge is 2.26. The van der Waals surface area contributed by atoms with E-state index in [-0.39, 0.29) is 0 Å². The molecule has 0 bridgehead atoms. The van der Waals surface area contributed by atoms with Crippen molar-refractivity contribution < 1.29 is 0 Å². The Morgan fingerprint density at radius 3 is 2.75 bits per heavy atom. The van der Waals surface area contributed by atoms with Gasteiger partial charge in [0.05, 0.1) is 0 Å². The summed E-state index contributed by atoms with van der Waals surface area (Å²) in [5, 5.41) is 8.82.